The first-order valence-corrected chi connectivity index (χ1v) is 5.52. The van der Waals surface area contributed by atoms with Crippen molar-refractivity contribution in [2.24, 2.45) is 0 Å². The quantitative estimate of drug-likeness (QED) is 0.767. The number of epoxide rings is 1. The van der Waals surface area contributed by atoms with Crippen molar-refractivity contribution in [1.82, 2.24) is 5.16 Å². The lowest BCUT2D eigenvalue weighted by atomic mass is 10.1. The first kappa shape index (κ1) is 10.1. The Kier molecular flexibility index (Phi) is 2.39. The standard InChI is InChI=1S/C11H7Cl2NO2/c12-6-1-2-7(8(13)5-6)10-11(16-10)9-3-4-15-14-9/h1-5,10-11H. The molecule has 0 saturated carbocycles. The van der Waals surface area contributed by atoms with Crippen molar-refractivity contribution >= 4 is 23.2 Å². The van der Waals surface area contributed by atoms with E-state index in [1.165, 1.54) is 6.26 Å². The van der Waals surface area contributed by atoms with E-state index in [1.807, 2.05) is 6.07 Å². The number of nitrogens with zero attached hydrogens (tertiary/aromatic N) is 1. The molecule has 0 N–H and O–H groups in total. The number of benzene rings is 1. The lowest BCUT2D eigenvalue weighted by Crippen LogP contribution is -1.85. The van der Waals surface area contributed by atoms with E-state index in [-0.39, 0.29) is 12.2 Å². The lowest BCUT2D eigenvalue weighted by Gasteiger charge is -1.99. The maximum absolute atomic E-state index is 6.08. The van der Waals surface area contributed by atoms with Crippen LogP contribution in [0.1, 0.15) is 23.5 Å². The molecule has 16 heavy (non-hydrogen) atoms. The fraction of sp³-hybridized carbons (Fsp3) is 0.182. The van der Waals surface area contributed by atoms with Crippen LogP contribution in [0.2, 0.25) is 10.0 Å². The maximum atomic E-state index is 6.08. The minimum Gasteiger partial charge on any atom is -0.364 e. The Hall–Kier alpha value is -1.03. The van der Waals surface area contributed by atoms with Gasteiger partial charge in [0.1, 0.15) is 24.2 Å². The number of hydrogen-bond donors (Lipinski definition) is 0. The van der Waals surface area contributed by atoms with Crippen LogP contribution in [-0.2, 0) is 4.74 Å². The highest BCUT2D eigenvalue weighted by atomic mass is 35.5. The molecule has 82 valence electrons. The molecule has 2 atom stereocenters. The molecule has 0 aliphatic carbocycles. The maximum Gasteiger partial charge on any atom is 0.134 e. The summed E-state index contributed by atoms with van der Waals surface area (Å²) in [6.45, 7) is 0. The number of hydrogen-bond acceptors (Lipinski definition) is 3. The largest absolute Gasteiger partial charge is 0.364 e. The fourth-order valence-electron chi connectivity index (χ4n) is 1.67. The van der Waals surface area contributed by atoms with Gasteiger partial charge >= 0.3 is 0 Å². The average Bonchev–Trinajstić information content (AvgIpc) is 2.85. The van der Waals surface area contributed by atoms with E-state index >= 15 is 0 Å². The summed E-state index contributed by atoms with van der Waals surface area (Å²) in [5.41, 5.74) is 1.72. The van der Waals surface area contributed by atoms with E-state index in [9.17, 15) is 0 Å². The van der Waals surface area contributed by atoms with Crippen molar-refractivity contribution in [1.29, 1.82) is 0 Å². The van der Waals surface area contributed by atoms with Crippen LogP contribution in [0.3, 0.4) is 0 Å². The summed E-state index contributed by atoms with van der Waals surface area (Å²) in [5.74, 6) is 0. The van der Waals surface area contributed by atoms with Gasteiger partial charge in [-0.1, -0.05) is 34.4 Å². The minimum atomic E-state index is -0.0579. The van der Waals surface area contributed by atoms with E-state index in [1.54, 1.807) is 18.2 Å². The molecule has 1 aliphatic rings. The zero-order valence-electron chi connectivity index (χ0n) is 8.06. The predicted molar refractivity (Wildman–Crippen MR) is 59.5 cm³/mol. The van der Waals surface area contributed by atoms with Crippen LogP contribution in [0.15, 0.2) is 35.1 Å². The van der Waals surface area contributed by atoms with Crippen molar-refractivity contribution in [3.63, 3.8) is 0 Å². The van der Waals surface area contributed by atoms with Crippen molar-refractivity contribution < 1.29 is 9.26 Å². The van der Waals surface area contributed by atoms with Gasteiger partial charge in [0.25, 0.3) is 0 Å². The molecule has 0 spiro atoms. The highest BCUT2D eigenvalue weighted by molar-refractivity contribution is 6.35. The van der Waals surface area contributed by atoms with Gasteiger partial charge in [-0.25, -0.2) is 0 Å². The monoisotopic (exact) mass is 255 g/mol. The molecular formula is C11H7Cl2NO2. The summed E-state index contributed by atoms with van der Waals surface area (Å²) in [6.07, 6.45) is 1.42. The normalized spacial score (nSPS) is 23.4. The lowest BCUT2D eigenvalue weighted by molar-refractivity contribution is 0.358. The third-order valence-electron chi connectivity index (χ3n) is 2.51. The second-order valence-electron chi connectivity index (χ2n) is 3.57. The van der Waals surface area contributed by atoms with Crippen LogP contribution in [0, 0.1) is 0 Å². The van der Waals surface area contributed by atoms with E-state index in [4.69, 9.17) is 32.5 Å². The van der Waals surface area contributed by atoms with Crippen LogP contribution >= 0.6 is 23.2 Å². The Bertz CT molecular complexity index is 513. The van der Waals surface area contributed by atoms with E-state index in [0.717, 1.165) is 11.3 Å². The van der Waals surface area contributed by atoms with Crippen LogP contribution < -0.4 is 0 Å². The van der Waals surface area contributed by atoms with Gasteiger partial charge in [0.15, 0.2) is 0 Å². The van der Waals surface area contributed by atoms with Crippen molar-refractivity contribution in [2.75, 3.05) is 0 Å². The summed E-state index contributed by atoms with van der Waals surface area (Å²) in [6, 6.07) is 7.16. The molecule has 3 rings (SSSR count). The number of halogens is 2. The number of rotatable bonds is 2. The fourth-order valence-corrected chi connectivity index (χ4v) is 2.19. The van der Waals surface area contributed by atoms with Gasteiger partial charge in [0.2, 0.25) is 0 Å². The summed E-state index contributed by atoms with van der Waals surface area (Å²) < 4.78 is 10.3. The average molecular weight is 256 g/mol. The second-order valence-corrected chi connectivity index (χ2v) is 4.41. The summed E-state index contributed by atoms with van der Waals surface area (Å²) >= 11 is 11.9. The van der Waals surface area contributed by atoms with Gasteiger partial charge in [-0.15, -0.1) is 0 Å². The molecule has 2 aromatic rings. The van der Waals surface area contributed by atoms with Crippen LogP contribution in [0.5, 0.6) is 0 Å². The van der Waals surface area contributed by atoms with Gasteiger partial charge in [-0.3, -0.25) is 0 Å². The Morgan fingerprint density at radius 2 is 2.00 bits per heavy atom. The van der Waals surface area contributed by atoms with E-state index in [2.05, 4.69) is 5.16 Å². The third kappa shape index (κ3) is 1.71. The third-order valence-corrected chi connectivity index (χ3v) is 3.07. The van der Waals surface area contributed by atoms with Crippen molar-refractivity contribution in [2.45, 2.75) is 12.2 Å². The SMILES string of the molecule is Clc1ccc(C2OC2c2ccon2)c(Cl)c1. The highest BCUT2D eigenvalue weighted by Crippen LogP contribution is 2.52. The first-order valence-electron chi connectivity index (χ1n) is 4.76. The van der Waals surface area contributed by atoms with Crippen LogP contribution in [0.4, 0.5) is 0 Å². The Morgan fingerprint density at radius 1 is 1.12 bits per heavy atom. The first-order chi connectivity index (χ1) is 7.75. The molecular weight excluding hydrogens is 249 g/mol. The second kappa shape index (κ2) is 3.77. The molecule has 3 nitrogen and oxygen atoms in total. The molecule has 0 radical (unpaired) electrons. The molecule has 2 unspecified atom stereocenters. The molecule has 1 fully saturated rings. The number of aromatic nitrogens is 1. The summed E-state index contributed by atoms with van der Waals surface area (Å²) in [7, 11) is 0. The molecule has 1 aromatic heterocycles. The van der Waals surface area contributed by atoms with E-state index in [0.29, 0.717) is 10.0 Å². The molecule has 5 heteroatoms. The molecule has 0 bridgehead atoms. The van der Waals surface area contributed by atoms with Gasteiger partial charge in [0, 0.05) is 21.7 Å². The van der Waals surface area contributed by atoms with Gasteiger partial charge in [-0.05, 0) is 12.1 Å². The number of ether oxygens (including phenoxy) is 1. The smallest absolute Gasteiger partial charge is 0.134 e. The van der Waals surface area contributed by atoms with Crippen molar-refractivity contribution in [3.8, 4) is 0 Å². The Labute approximate surface area is 102 Å². The molecule has 2 heterocycles. The zero-order chi connectivity index (χ0) is 11.1. The molecule has 0 amide bonds. The zero-order valence-corrected chi connectivity index (χ0v) is 9.57. The van der Waals surface area contributed by atoms with Crippen LogP contribution in [-0.4, -0.2) is 5.16 Å². The highest BCUT2D eigenvalue weighted by Gasteiger charge is 2.44. The van der Waals surface area contributed by atoms with E-state index < -0.39 is 0 Å². The summed E-state index contributed by atoms with van der Waals surface area (Å²) in [4.78, 5) is 0. The van der Waals surface area contributed by atoms with Crippen LogP contribution in [0.25, 0.3) is 0 Å². The molecule has 1 aliphatic heterocycles. The Morgan fingerprint density at radius 3 is 2.69 bits per heavy atom. The predicted octanol–water partition coefficient (Wildman–Crippen LogP) is 3.79. The minimum absolute atomic E-state index is 0.0464. The molecule has 1 aromatic carbocycles. The van der Waals surface area contributed by atoms with Gasteiger partial charge in [-0.2, -0.15) is 0 Å². The van der Waals surface area contributed by atoms with Gasteiger partial charge < -0.3 is 9.26 Å². The van der Waals surface area contributed by atoms with Crippen molar-refractivity contribution in [3.05, 3.63) is 51.8 Å². The molecule has 1 saturated heterocycles. The topological polar surface area (TPSA) is 38.6 Å². The van der Waals surface area contributed by atoms with Gasteiger partial charge in [0.05, 0.1) is 0 Å². The summed E-state index contributed by atoms with van der Waals surface area (Å²) in [5, 5.41) is 5.06. The Balaban J connectivity index is 1.86.